The summed E-state index contributed by atoms with van der Waals surface area (Å²) in [6.45, 7) is 0.523. The molecule has 0 unspecified atom stereocenters. The zero-order valence-corrected chi connectivity index (χ0v) is 9.66. The Bertz CT molecular complexity index is 498. The summed E-state index contributed by atoms with van der Waals surface area (Å²) in [6, 6.07) is 5.75. The minimum absolute atomic E-state index is 0.504. The monoisotopic (exact) mass is 266 g/mol. The highest BCUT2D eigenvalue weighted by Crippen LogP contribution is 2.25. The van der Waals surface area contributed by atoms with Crippen molar-refractivity contribution in [2.75, 3.05) is 12.3 Å². The number of rotatable bonds is 2. The Labute approximate surface area is 95.8 Å². The number of benzene rings is 1. The molecule has 0 radical (unpaired) electrons. The molecule has 2 rings (SSSR count). The largest absolute Gasteiger partial charge is 0.383 e. The van der Waals surface area contributed by atoms with Gasteiger partial charge in [0.15, 0.2) is 0 Å². The van der Waals surface area contributed by atoms with Gasteiger partial charge in [0.25, 0.3) is 0 Å². The molecular formula is C10H11BrN4. The van der Waals surface area contributed by atoms with Crippen molar-refractivity contribution in [2.45, 2.75) is 6.42 Å². The lowest BCUT2D eigenvalue weighted by molar-refractivity contribution is 0.882. The van der Waals surface area contributed by atoms with Gasteiger partial charge >= 0.3 is 0 Å². The van der Waals surface area contributed by atoms with E-state index in [2.05, 4.69) is 25.9 Å². The van der Waals surface area contributed by atoms with E-state index in [4.69, 9.17) is 11.5 Å². The van der Waals surface area contributed by atoms with Crippen LogP contribution in [0.5, 0.6) is 0 Å². The lowest BCUT2D eigenvalue weighted by atomic mass is 10.2. The molecule has 78 valence electrons. The Balaban J connectivity index is 2.68. The van der Waals surface area contributed by atoms with E-state index in [-0.39, 0.29) is 0 Å². The standard InChI is InChI=1S/C10H11BrN4/c11-7-3-1-2-6-9(7)14-8(4-5-12)15-10(6)13/h1-3H,4-5,12H2,(H2,13,14,15). The van der Waals surface area contributed by atoms with Gasteiger partial charge in [0.2, 0.25) is 0 Å². The first kappa shape index (κ1) is 10.3. The summed E-state index contributed by atoms with van der Waals surface area (Å²) in [7, 11) is 0. The maximum atomic E-state index is 5.84. The molecule has 5 heteroatoms. The molecule has 2 aromatic rings. The van der Waals surface area contributed by atoms with Crippen molar-refractivity contribution in [3.05, 3.63) is 28.5 Å². The van der Waals surface area contributed by atoms with E-state index in [1.165, 1.54) is 0 Å². The quantitative estimate of drug-likeness (QED) is 0.863. The fourth-order valence-electron chi connectivity index (χ4n) is 1.43. The number of hydrogen-bond donors (Lipinski definition) is 2. The molecule has 4 nitrogen and oxygen atoms in total. The topological polar surface area (TPSA) is 77.8 Å². The van der Waals surface area contributed by atoms with Gasteiger partial charge in [-0.2, -0.15) is 0 Å². The zero-order chi connectivity index (χ0) is 10.8. The third kappa shape index (κ3) is 1.93. The van der Waals surface area contributed by atoms with E-state index in [1.807, 2.05) is 18.2 Å². The fraction of sp³-hybridized carbons (Fsp3) is 0.200. The number of fused-ring (bicyclic) bond motifs is 1. The lowest BCUT2D eigenvalue weighted by Gasteiger charge is -2.05. The SMILES string of the molecule is NCCc1nc(N)c2cccc(Br)c2n1. The Morgan fingerprint density at radius 3 is 2.80 bits per heavy atom. The molecule has 0 atom stereocenters. The molecule has 0 aliphatic heterocycles. The number of aromatic nitrogens is 2. The second-order valence-electron chi connectivity index (χ2n) is 3.20. The van der Waals surface area contributed by atoms with Gasteiger partial charge in [-0.15, -0.1) is 0 Å². The van der Waals surface area contributed by atoms with Gasteiger partial charge in [0, 0.05) is 16.3 Å². The summed E-state index contributed by atoms with van der Waals surface area (Å²) in [5.41, 5.74) is 12.1. The van der Waals surface area contributed by atoms with Crippen LogP contribution in [0.4, 0.5) is 5.82 Å². The maximum Gasteiger partial charge on any atom is 0.135 e. The van der Waals surface area contributed by atoms with Gasteiger partial charge < -0.3 is 11.5 Å². The Morgan fingerprint density at radius 2 is 2.07 bits per heavy atom. The highest BCUT2D eigenvalue weighted by molar-refractivity contribution is 9.10. The van der Waals surface area contributed by atoms with E-state index in [0.717, 1.165) is 15.4 Å². The van der Waals surface area contributed by atoms with Crippen LogP contribution in [-0.4, -0.2) is 16.5 Å². The molecule has 1 aromatic heterocycles. The Morgan fingerprint density at radius 1 is 1.27 bits per heavy atom. The number of para-hydroxylation sites is 1. The molecule has 15 heavy (non-hydrogen) atoms. The van der Waals surface area contributed by atoms with Crippen LogP contribution in [0.2, 0.25) is 0 Å². The molecule has 0 aliphatic rings. The lowest BCUT2D eigenvalue weighted by Crippen LogP contribution is -2.08. The van der Waals surface area contributed by atoms with E-state index in [9.17, 15) is 0 Å². The van der Waals surface area contributed by atoms with Crippen LogP contribution < -0.4 is 11.5 Å². The molecule has 0 spiro atoms. The van der Waals surface area contributed by atoms with Crippen molar-refractivity contribution >= 4 is 32.7 Å². The van der Waals surface area contributed by atoms with Gasteiger partial charge in [-0.3, -0.25) is 0 Å². The molecule has 0 amide bonds. The fourth-order valence-corrected chi connectivity index (χ4v) is 1.88. The molecule has 1 aromatic carbocycles. The second kappa shape index (κ2) is 4.12. The van der Waals surface area contributed by atoms with E-state index < -0.39 is 0 Å². The molecule has 0 aliphatic carbocycles. The van der Waals surface area contributed by atoms with Crippen molar-refractivity contribution in [1.82, 2.24) is 9.97 Å². The number of nitrogens with zero attached hydrogens (tertiary/aromatic N) is 2. The highest BCUT2D eigenvalue weighted by Gasteiger charge is 2.06. The number of anilines is 1. The first-order valence-electron chi connectivity index (χ1n) is 4.63. The average molecular weight is 267 g/mol. The van der Waals surface area contributed by atoms with Crippen LogP contribution in [0.1, 0.15) is 5.82 Å². The van der Waals surface area contributed by atoms with Gasteiger partial charge in [0.05, 0.1) is 5.52 Å². The summed E-state index contributed by atoms with van der Waals surface area (Å²) in [5, 5.41) is 0.866. The molecule has 0 fully saturated rings. The minimum atomic E-state index is 0.504. The molecule has 1 heterocycles. The summed E-state index contributed by atoms with van der Waals surface area (Å²) >= 11 is 3.44. The van der Waals surface area contributed by atoms with E-state index >= 15 is 0 Å². The third-order valence-electron chi connectivity index (χ3n) is 2.12. The number of nitrogens with two attached hydrogens (primary N) is 2. The molecule has 0 saturated carbocycles. The van der Waals surface area contributed by atoms with Crippen molar-refractivity contribution < 1.29 is 0 Å². The first-order chi connectivity index (χ1) is 7.22. The summed E-state index contributed by atoms with van der Waals surface area (Å²) in [5.74, 6) is 1.19. The van der Waals surface area contributed by atoms with Crippen LogP contribution in [0, 0.1) is 0 Å². The van der Waals surface area contributed by atoms with E-state index in [0.29, 0.717) is 24.6 Å². The Hall–Kier alpha value is -1.20. The number of hydrogen-bond acceptors (Lipinski definition) is 4. The second-order valence-corrected chi connectivity index (χ2v) is 4.05. The maximum absolute atomic E-state index is 5.84. The van der Waals surface area contributed by atoms with Crippen LogP contribution in [-0.2, 0) is 6.42 Å². The molecule has 4 N–H and O–H groups in total. The number of halogens is 1. The van der Waals surface area contributed by atoms with Gasteiger partial charge in [-0.25, -0.2) is 9.97 Å². The number of nitrogen functional groups attached to an aromatic ring is 1. The normalized spacial score (nSPS) is 10.8. The van der Waals surface area contributed by atoms with Crippen LogP contribution in [0.15, 0.2) is 22.7 Å². The first-order valence-corrected chi connectivity index (χ1v) is 5.42. The molecule has 0 bridgehead atoms. The van der Waals surface area contributed by atoms with Gasteiger partial charge in [-0.05, 0) is 34.6 Å². The highest BCUT2D eigenvalue weighted by atomic mass is 79.9. The molecular weight excluding hydrogens is 256 g/mol. The predicted molar refractivity (Wildman–Crippen MR) is 64.4 cm³/mol. The summed E-state index contributed by atoms with van der Waals surface area (Å²) in [6.07, 6.45) is 0.640. The molecule has 0 saturated heterocycles. The van der Waals surface area contributed by atoms with E-state index in [1.54, 1.807) is 0 Å². The van der Waals surface area contributed by atoms with Gasteiger partial charge in [0.1, 0.15) is 11.6 Å². The minimum Gasteiger partial charge on any atom is -0.383 e. The zero-order valence-electron chi connectivity index (χ0n) is 8.07. The van der Waals surface area contributed by atoms with Crippen LogP contribution in [0.3, 0.4) is 0 Å². The summed E-state index contributed by atoms with van der Waals surface area (Å²) < 4.78 is 0.923. The smallest absolute Gasteiger partial charge is 0.135 e. The van der Waals surface area contributed by atoms with Crippen LogP contribution in [0.25, 0.3) is 10.9 Å². The predicted octanol–water partition coefficient (Wildman–Crippen LogP) is 1.48. The van der Waals surface area contributed by atoms with Crippen molar-refractivity contribution in [2.24, 2.45) is 5.73 Å². The van der Waals surface area contributed by atoms with Crippen LogP contribution >= 0.6 is 15.9 Å². The van der Waals surface area contributed by atoms with Crippen molar-refractivity contribution in [3.63, 3.8) is 0 Å². The van der Waals surface area contributed by atoms with Gasteiger partial charge in [-0.1, -0.05) is 6.07 Å². The third-order valence-corrected chi connectivity index (χ3v) is 2.76. The average Bonchev–Trinajstić information content (AvgIpc) is 2.20. The Kier molecular flexibility index (Phi) is 2.83. The van der Waals surface area contributed by atoms with Crippen molar-refractivity contribution in [3.8, 4) is 0 Å². The van der Waals surface area contributed by atoms with Crippen molar-refractivity contribution in [1.29, 1.82) is 0 Å². The summed E-state index contributed by atoms with van der Waals surface area (Å²) in [4.78, 5) is 8.61.